The number of carboxylic acid groups (broad SMARTS) is 1. The lowest BCUT2D eigenvalue weighted by Crippen LogP contribution is -2.50. The minimum Gasteiger partial charge on any atom is -0.481 e. The molecule has 6 heteroatoms. The van der Waals surface area contributed by atoms with E-state index < -0.39 is 11.4 Å². The van der Waals surface area contributed by atoms with Crippen LogP contribution in [0.5, 0.6) is 0 Å². The molecule has 1 aliphatic rings. The molecule has 0 spiro atoms. The molecule has 1 heterocycles. The zero-order valence-corrected chi connectivity index (χ0v) is 12.4. The second-order valence-corrected chi connectivity index (χ2v) is 5.92. The van der Waals surface area contributed by atoms with Crippen LogP contribution in [0.2, 0.25) is 0 Å². The number of rotatable bonds is 4. The van der Waals surface area contributed by atoms with Gasteiger partial charge in [-0.15, -0.1) is 0 Å². The molecule has 0 saturated carbocycles. The summed E-state index contributed by atoms with van der Waals surface area (Å²) in [6.45, 7) is 4.95. The molecule has 0 radical (unpaired) electrons. The lowest BCUT2D eigenvalue weighted by atomic mass is 9.74. The Morgan fingerprint density at radius 3 is 2.70 bits per heavy atom. The van der Waals surface area contributed by atoms with Crippen molar-refractivity contribution < 1.29 is 14.7 Å². The lowest BCUT2D eigenvalue weighted by Gasteiger charge is -2.40. The van der Waals surface area contributed by atoms with Crippen molar-refractivity contribution >= 4 is 12.0 Å². The maximum atomic E-state index is 12.2. The lowest BCUT2D eigenvalue weighted by molar-refractivity contribution is -0.151. The highest BCUT2D eigenvalue weighted by molar-refractivity contribution is 5.76. The normalized spacial score (nSPS) is 19.3. The van der Waals surface area contributed by atoms with E-state index in [1.54, 1.807) is 25.8 Å². The van der Waals surface area contributed by atoms with E-state index in [1.165, 1.54) is 4.90 Å². The van der Waals surface area contributed by atoms with Crippen LogP contribution in [0.4, 0.5) is 4.79 Å². The topological polar surface area (TPSA) is 84.6 Å². The first-order valence-corrected chi connectivity index (χ1v) is 6.91. The predicted molar refractivity (Wildman–Crippen MR) is 74.0 cm³/mol. The maximum Gasteiger partial charge on any atom is 0.319 e. The fourth-order valence-electron chi connectivity index (χ4n) is 2.47. The summed E-state index contributed by atoms with van der Waals surface area (Å²) < 4.78 is 0. The van der Waals surface area contributed by atoms with Crippen LogP contribution in [0, 0.1) is 22.7 Å². The third-order valence-corrected chi connectivity index (χ3v) is 4.15. The van der Waals surface area contributed by atoms with E-state index in [1.807, 2.05) is 6.07 Å². The number of carbonyl (C=O) groups excluding carboxylic acids is 1. The number of hydrogen-bond acceptors (Lipinski definition) is 3. The van der Waals surface area contributed by atoms with Gasteiger partial charge < -0.3 is 14.9 Å². The summed E-state index contributed by atoms with van der Waals surface area (Å²) in [6, 6.07) is 1.89. The van der Waals surface area contributed by atoms with Crippen LogP contribution < -0.4 is 0 Å². The van der Waals surface area contributed by atoms with E-state index in [4.69, 9.17) is 5.26 Å². The molecular weight excluding hydrogens is 258 g/mol. The molecule has 0 bridgehead atoms. The third-order valence-electron chi connectivity index (χ3n) is 4.15. The average molecular weight is 281 g/mol. The Morgan fingerprint density at radius 2 is 2.15 bits per heavy atom. The van der Waals surface area contributed by atoms with Gasteiger partial charge in [0.15, 0.2) is 0 Å². The Bertz CT molecular complexity index is 414. The second-order valence-electron chi connectivity index (χ2n) is 5.92. The zero-order chi connectivity index (χ0) is 15.3. The first-order chi connectivity index (χ1) is 9.30. The molecule has 1 saturated heterocycles. The number of likely N-dealkylation sites (tertiary alicyclic amines) is 1. The van der Waals surface area contributed by atoms with Gasteiger partial charge in [0, 0.05) is 26.7 Å². The molecule has 1 aliphatic heterocycles. The van der Waals surface area contributed by atoms with Crippen LogP contribution in [0.15, 0.2) is 0 Å². The minimum atomic E-state index is -0.829. The van der Waals surface area contributed by atoms with Gasteiger partial charge in [0.1, 0.15) is 0 Å². The first kappa shape index (κ1) is 16.3. The molecule has 1 atom stereocenters. The second kappa shape index (κ2) is 6.60. The summed E-state index contributed by atoms with van der Waals surface area (Å²) in [5.74, 6) is -0.864. The van der Waals surface area contributed by atoms with Crippen LogP contribution in [-0.4, -0.2) is 53.6 Å². The van der Waals surface area contributed by atoms with E-state index in [-0.39, 0.29) is 11.9 Å². The zero-order valence-electron chi connectivity index (χ0n) is 12.4. The predicted octanol–water partition coefficient (Wildman–Crippen LogP) is 1.77. The summed E-state index contributed by atoms with van der Waals surface area (Å²) in [4.78, 5) is 26.8. The molecule has 0 aromatic carbocycles. The molecule has 2 amide bonds. The largest absolute Gasteiger partial charge is 0.481 e. The number of nitriles is 1. The highest BCUT2D eigenvalue weighted by Crippen LogP contribution is 2.34. The monoisotopic (exact) mass is 281 g/mol. The van der Waals surface area contributed by atoms with Crippen LogP contribution in [0.25, 0.3) is 0 Å². The Labute approximate surface area is 120 Å². The summed E-state index contributed by atoms with van der Waals surface area (Å²) in [7, 11) is 1.67. The Balaban J connectivity index is 2.67. The van der Waals surface area contributed by atoms with Crippen molar-refractivity contribution in [2.75, 3.05) is 26.7 Å². The molecule has 0 aromatic heterocycles. The number of urea groups is 1. The fourth-order valence-corrected chi connectivity index (χ4v) is 2.47. The van der Waals surface area contributed by atoms with Crippen LogP contribution >= 0.6 is 0 Å². The number of carboxylic acids is 1. The number of aliphatic carboxylic acids is 1. The number of piperidine rings is 1. The molecule has 0 aliphatic carbocycles. The van der Waals surface area contributed by atoms with E-state index in [2.05, 4.69) is 0 Å². The van der Waals surface area contributed by atoms with Gasteiger partial charge in [-0.05, 0) is 32.6 Å². The molecule has 1 unspecified atom stereocenters. The van der Waals surface area contributed by atoms with Gasteiger partial charge in [-0.2, -0.15) is 5.26 Å². The summed E-state index contributed by atoms with van der Waals surface area (Å²) >= 11 is 0. The highest BCUT2D eigenvalue weighted by Gasteiger charge is 2.40. The van der Waals surface area contributed by atoms with Crippen LogP contribution in [-0.2, 0) is 4.79 Å². The van der Waals surface area contributed by atoms with Crippen LogP contribution in [0.1, 0.15) is 33.1 Å². The van der Waals surface area contributed by atoms with Crippen molar-refractivity contribution in [1.29, 1.82) is 5.26 Å². The number of nitrogens with zero attached hydrogens (tertiary/aromatic N) is 3. The molecule has 0 aromatic rings. The minimum absolute atomic E-state index is 0.0398. The van der Waals surface area contributed by atoms with Crippen molar-refractivity contribution in [2.45, 2.75) is 33.1 Å². The van der Waals surface area contributed by atoms with Crippen molar-refractivity contribution in [1.82, 2.24) is 9.80 Å². The Morgan fingerprint density at radius 1 is 1.50 bits per heavy atom. The van der Waals surface area contributed by atoms with Gasteiger partial charge >= 0.3 is 12.0 Å². The molecule has 1 N–H and O–H groups in total. The van der Waals surface area contributed by atoms with Crippen molar-refractivity contribution in [3.05, 3.63) is 0 Å². The van der Waals surface area contributed by atoms with Gasteiger partial charge in [0.25, 0.3) is 0 Å². The van der Waals surface area contributed by atoms with Gasteiger partial charge in [-0.1, -0.05) is 0 Å². The van der Waals surface area contributed by atoms with E-state index >= 15 is 0 Å². The third kappa shape index (κ3) is 3.62. The van der Waals surface area contributed by atoms with Gasteiger partial charge in [-0.3, -0.25) is 4.79 Å². The number of hydrogen-bond donors (Lipinski definition) is 1. The van der Waals surface area contributed by atoms with Crippen molar-refractivity contribution in [2.24, 2.45) is 11.3 Å². The van der Waals surface area contributed by atoms with E-state index in [0.29, 0.717) is 26.1 Å². The van der Waals surface area contributed by atoms with Gasteiger partial charge in [0.2, 0.25) is 0 Å². The van der Waals surface area contributed by atoms with Gasteiger partial charge in [-0.25, -0.2) is 4.79 Å². The van der Waals surface area contributed by atoms with Gasteiger partial charge in [0.05, 0.1) is 17.9 Å². The smallest absolute Gasteiger partial charge is 0.319 e. The summed E-state index contributed by atoms with van der Waals surface area (Å²) in [5, 5.41) is 17.8. The summed E-state index contributed by atoms with van der Waals surface area (Å²) in [6.07, 6.45) is 1.95. The molecule has 1 rings (SSSR count). The molecule has 6 nitrogen and oxygen atoms in total. The Hall–Kier alpha value is -1.77. The SMILES string of the molecule is CN(CCC#N)C(=O)N1CCCC(C(C)(C)C(=O)O)C1. The number of amides is 2. The fraction of sp³-hybridized carbons (Fsp3) is 0.786. The van der Waals surface area contributed by atoms with Crippen molar-refractivity contribution in [3.8, 4) is 6.07 Å². The molecule has 112 valence electrons. The highest BCUT2D eigenvalue weighted by atomic mass is 16.4. The summed E-state index contributed by atoms with van der Waals surface area (Å²) in [5.41, 5.74) is -0.829. The molecule has 1 fully saturated rings. The standard InChI is InChI=1S/C14H23N3O3/c1-14(2,12(18)19)11-6-4-9-17(10-11)13(20)16(3)8-5-7-15/h11H,4-6,8-10H2,1-3H3,(H,18,19). The average Bonchev–Trinajstić information content (AvgIpc) is 2.43. The van der Waals surface area contributed by atoms with E-state index in [9.17, 15) is 14.7 Å². The quantitative estimate of drug-likeness (QED) is 0.851. The maximum absolute atomic E-state index is 12.2. The van der Waals surface area contributed by atoms with Crippen molar-refractivity contribution in [3.63, 3.8) is 0 Å². The van der Waals surface area contributed by atoms with Crippen LogP contribution in [0.3, 0.4) is 0 Å². The molecular formula is C14H23N3O3. The Kier molecular flexibility index (Phi) is 5.37. The van der Waals surface area contributed by atoms with E-state index in [0.717, 1.165) is 12.8 Å². The first-order valence-electron chi connectivity index (χ1n) is 6.91. The number of carbonyl (C=O) groups is 2. The molecule has 20 heavy (non-hydrogen) atoms.